The quantitative estimate of drug-likeness (QED) is 0.924. The molecular formula is C14H19FO4S. The van der Waals surface area contributed by atoms with E-state index in [4.69, 9.17) is 4.74 Å². The van der Waals surface area contributed by atoms with Crippen molar-refractivity contribution in [2.75, 3.05) is 6.26 Å². The third-order valence-corrected chi connectivity index (χ3v) is 5.31. The van der Waals surface area contributed by atoms with Gasteiger partial charge in [0.25, 0.3) is 0 Å². The van der Waals surface area contributed by atoms with Crippen LogP contribution in [-0.4, -0.2) is 31.1 Å². The van der Waals surface area contributed by atoms with E-state index in [1.165, 1.54) is 24.5 Å². The minimum absolute atomic E-state index is 0.209. The summed E-state index contributed by atoms with van der Waals surface area (Å²) in [6, 6.07) is 3.97. The highest BCUT2D eigenvalue weighted by Gasteiger charge is 2.30. The Morgan fingerprint density at radius 1 is 1.40 bits per heavy atom. The van der Waals surface area contributed by atoms with Gasteiger partial charge in [0, 0.05) is 18.2 Å². The van der Waals surface area contributed by atoms with Gasteiger partial charge in [0.2, 0.25) is 0 Å². The molecule has 20 heavy (non-hydrogen) atoms. The van der Waals surface area contributed by atoms with Gasteiger partial charge in [-0.3, -0.25) is 0 Å². The molecule has 1 aromatic carbocycles. The van der Waals surface area contributed by atoms with E-state index in [1.54, 1.807) is 0 Å². The SMILES string of the molecule is CS(=O)(=O)C1CCCC(Oc2ccc(F)cc2CO)C1. The van der Waals surface area contributed by atoms with Crippen molar-refractivity contribution in [2.24, 2.45) is 0 Å². The lowest BCUT2D eigenvalue weighted by molar-refractivity contribution is 0.151. The van der Waals surface area contributed by atoms with Crippen LogP contribution in [0.15, 0.2) is 18.2 Å². The fourth-order valence-electron chi connectivity index (χ4n) is 2.56. The van der Waals surface area contributed by atoms with E-state index in [-0.39, 0.29) is 18.0 Å². The van der Waals surface area contributed by atoms with Gasteiger partial charge in [-0.25, -0.2) is 12.8 Å². The summed E-state index contributed by atoms with van der Waals surface area (Å²) in [5.41, 5.74) is 0.381. The lowest BCUT2D eigenvalue weighted by Gasteiger charge is -2.29. The van der Waals surface area contributed by atoms with Gasteiger partial charge in [0.1, 0.15) is 21.4 Å². The van der Waals surface area contributed by atoms with Gasteiger partial charge < -0.3 is 9.84 Å². The van der Waals surface area contributed by atoms with Crippen LogP contribution in [0.2, 0.25) is 0 Å². The zero-order valence-electron chi connectivity index (χ0n) is 11.4. The van der Waals surface area contributed by atoms with Gasteiger partial charge in [0.05, 0.1) is 18.0 Å². The molecule has 1 aliphatic carbocycles. The molecule has 112 valence electrons. The zero-order valence-corrected chi connectivity index (χ0v) is 12.2. The Labute approximate surface area is 118 Å². The van der Waals surface area contributed by atoms with Crippen molar-refractivity contribution < 1.29 is 22.7 Å². The number of hydrogen-bond acceptors (Lipinski definition) is 4. The molecular weight excluding hydrogens is 283 g/mol. The number of halogens is 1. The molecule has 0 bridgehead atoms. The predicted octanol–water partition coefficient (Wildman–Crippen LogP) is 2.05. The van der Waals surface area contributed by atoms with Crippen molar-refractivity contribution in [1.82, 2.24) is 0 Å². The monoisotopic (exact) mass is 302 g/mol. The molecule has 1 aliphatic rings. The predicted molar refractivity (Wildman–Crippen MR) is 73.8 cm³/mol. The summed E-state index contributed by atoms with van der Waals surface area (Å²) in [4.78, 5) is 0. The molecule has 0 radical (unpaired) electrons. The van der Waals surface area contributed by atoms with Crippen LogP contribution in [0.1, 0.15) is 31.2 Å². The highest BCUT2D eigenvalue weighted by molar-refractivity contribution is 7.91. The molecule has 2 unspecified atom stereocenters. The molecule has 1 aromatic rings. The Balaban J connectivity index is 2.10. The van der Waals surface area contributed by atoms with E-state index in [0.29, 0.717) is 24.2 Å². The molecule has 0 saturated heterocycles. The number of sulfone groups is 1. The van der Waals surface area contributed by atoms with E-state index in [0.717, 1.165) is 12.8 Å². The van der Waals surface area contributed by atoms with Gasteiger partial charge in [0.15, 0.2) is 0 Å². The molecule has 1 saturated carbocycles. The highest BCUT2D eigenvalue weighted by atomic mass is 32.2. The molecule has 6 heteroatoms. The van der Waals surface area contributed by atoms with Crippen LogP contribution in [-0.2, 0) is 16.4 Å². The van der Waals surface area contributed by atoms with E-state index in [9.17, 15) is 17.9 Å². The molecule has 0 amide bonds. The standard InChI is InChI=1S/C14H19FO4S/c1-20(17,18)13-4-2-3-12(8-13)19-14-6-5-11(15)7-10(14)9-16/h5-7,12-13,16H,2-4,8-9H2,1H3. The number of aliphatic hydroxyl groups is 1. The van der Waals surface area contributed by atoms with Gasteiger partial charge in [-0.05, 0) is 37.5 Å². The van der Waals surface area contributed by atoms with Crippen molar-refractivity contribution in [3.05, 3.63) is 29.6 Å². The van der Waals surface area contributed by atoms with Crippen molar-refractivity contribution in [2.45, 2.75) is 43.6 Å². The molecule has 2 rings (SSSR count). The minimum Gasteiger partial charge on any atom is -0.490 e. The Bertz CT molecular complexity index is 571. The number of rotatable bonds is 4. The van der Waals surface area contributed by atoms with Crippen LogP contribution in [0.25, 0.3) is 0 Å². The van der Waals surface area contributed by atoms with Gasteiger partial charge in [-0.1, -0.05) is 0 Å². The van der Waals surface area contributed by atoms with Crippen molar-refractivity contribution >= 4 is 9.84 Å². The molecule has 0 spiro atoms. The summed E-state index contributed by atoms with van der Waals surface area (Å²) in [6.07, 6.45) is 3.71. The second-order valence-electron chi connectivity index (χ2n) is 5.27. The first-order valence-corrected chi connectivity index (χ1v) is 8.60. The van der Waals surface area contributed by atoms with Crippen LogP contribution in [0.4, 0.5) is 4.39 Å². The average Bonchev–Trinajstić information content (AvgIpc) is 2.40. The molecule has 0 aromatic heterocycles. The van der Waals surface area contributed by atoms with E-state index in [1.807, 2.05) is 0 Å². The molecule has 0 heterocycles. The zero-order chi connectivity index (χ0) is 14.8. The van der Waals surface area contributed by atoms with Gasteiger partial charge >= 0.3 is 0 Å². The van der Waals surface area contributed by atoms with Gasteiger partial charge in [-0.2, -0.15) is 0 Å². The third kappa shape index (κ3) is 3.70. The summed E-state index contributed by atoms with van der Waals surface area (Å²) in [5, 5.41) is 8.84. The van der Waals surface area contributed by atoms with Crippen LogP contribution in [0.3, 0.4) is 0 Å². The van der Waals surface area contributed by atoms with Gasteiger partial charge in [-0.15, -0.1) is 0 Å². The second kappa shape index (κ2) is 6.10. The molecule has 2 atom stereocenters. The lowest BCUT2D eigenvalue weighted by atomic mass is 9.97. The number of benzene rings is 1. The lowest BCUT2D eigenvalue weighted by Crippen LogP contribution is -2.33. The summed E-state index contributed by atoms with van der Waals surface area (Å²) in [7, 11) is -3.06. The van der Waals surface area contributed by atoms with E-state index in [2.05, 4.69) is 0 Å². The number of aliphatic hydroxyl groups excluding tert-OH is 1. The first-order valence-electron chi connectivity index (χ1n) is 6.65. The maximum Gasteiger partial charge on any atom is 0.150 e. The topological polar surface area (TPSA) is 63.6 Å². The maximum atomic E-state index is 13.1. The van der Waals surface area contributed by atoms with Crippen LogP contribution in [0.5, 0.6) is 5.75 Å². The van der Waals surface area contributed by atoms with E-state index < -0.39 is 15.7 Å². The Kier molecular flexibility index (Phi) is 4.65. The Morgan fingerprint density at radius 2 is 2.15 bits per heavy atom. The van der Waals surface area contributed by atoms with Crippen LogP contribution in [0, 0.1) is 5.82 Å². The number of ether oxygens (including phenoxy) is 1. The van der Waals surface area contributed by atoms with E-state index >= 15 is 0 Å². The smallest absolute Gasteiger partial charge is 0.150 e. The Morgan fingerprint density at radius 3 is 2.80 bits per heavy atom. The largest absolute Gasteiger partial charge is 0.490 e. The summed E-state index contributed by atoms with van der Waals surface area (Å²) in [5.74, 6) is -0.00731. The summed E-state index contributed by atoms with van der Waals surface area (Å²) >= 11 is 0. The second-order valence-corrected chi connectivity index (χ2v) is 7.59. The molecule has 1 fully saturated rings. The first-order chi connectivity index (χ1) is 9.40. The molecule has 0 aliphatic heterocycles. The van der Waals surface area contributed by atoms with Crippen molar-refractivity contribution in [3.8, 4) is 5.75 Å². The maximum absolute atomic E-state index is 13.1. The molecule has 4 nitrogen and oxygen atoms in total. The van der Waals surface area contributed by atoms with Crippen molar-refractivity contribution in [1.29, 1.82) is 0 Å². The highest BCUT2D eigenvalue weighted by Crippen LogP contribution is 2.29. The van der Waals surface area contributed by atoms with Crippen LogP contribution >= 0.6 is 0 Å². The average molecular weight is 302 g/mol. The summed E-state index contributed by atoms with van der Waals surface area (Å²) in [6.45, 7) is -0.310. The minimum atomic E-state index is -3.06. The normalized spacial score (nSPS) is 23.6. The fourth-order valence-corrected chi connectivity index (χ4v) is 3.72. The Hall–Kier alpha value is -1.14. The number of hydrogen-bond donors (Lipinski definition) is 1. The third-order valence-electron chi connectivity index (χ3n) is 3.67. The fraction of sp³-hybridized carbons (Fsp3) is 0.571. The van der Waals surface area contributed by atoms with Crippen LogP contribution < -0.4 is 4.74 Å². The van der Waals surface area contributed by atoms with Crippen molar-refractivity contribution in [3.63, 3.8) is 0 Å². The first kappa shape index (κ1) is 15.3. The summed E-state index contributed by atoms with van der Waals surface area (Å²) < 4.78 is 42.1. The molecule has 1 N–H and O–H groups in total.